The molecule has 5 nitrogen and oxygen atoms in total. The van der Waals surface area contributed by atoms with Gasteiger partial charge in [0.1, 0.15) is 5.75 Å². The summed E-state index contributed by atoms with van der Waals surface area (Å²) in [6.45, 7) is 6.12. The summed E-state index contributed by atoms with van der Waals surface area (Å²) in [7, 11) is 0. The Hall–Kier alpha value is -3.81. The maximum atomic E-state index is 12.6. The summed E-state index contributed by atoms with van der Waals surface area (Å²) in [5, 5.41) is 9.37. The summed E-state index contributed by atoms with van der Waals surface area (Å²) in [6.07, 6.45) is -4.79. The van der Waals surface area contributed by atoms with Crippen molar-refractivity contribution in [3.8, 4) is 16.9 Å². The number of carbonyl (C=O) groups excluding carboxylic acids is 1. The third-order valence-corrected chi connectivity index (χ3v) is 4.90. The van der Waals surface area contributed by atoms with Crippen LogP contribution in [0.1, 0.15) is 26.3 Å². The number of benzene rings is 3. The predicted octanol–water partition coefficient (Wildman–Crippen LogP) is 6.30. The summed E-state index contributed by atoms with van der Waals surface area (Å²) in [5.41, 5.74) is 2.73. The Morgan fingerprint density at radius 2 is 1.42 bits per heavy atom. The zero-order chi connectivity index (χ0) is 24.4. The van der Waals surface area contributed by atoms with Crippen LogP contribution in [0.2, 0.25) is 0 Å². The largest absolute Gasteiger partial charge is 0.573 e. The van der Waals surface area contributed by atoms with Gasteiger partial charge in [-0.15, -0.1) is 13.2 Å². The summed E-state index contributed by atoms with van der Waals surface area (Å²) in [4.78, 5) is 25.2. The Balaban J connectivity index is 1.98. The molecule has 33 heavy (non-hydrogen) atoms. The molecule has 0 heterocycles. The molecule has 3 aromatic carbocycles. The average Bonchev–Trinajstić information content (AvgIpc) is 2.73. The van der Waals surface area contributed by atoms with E-state index in [1.807, 2.05) is 32.9 Å². The standard InChI is InChI=1S/C25H22F3NO4/c1-24(2,3)18-9-11-19(12-10-18)29(22(30)23(31)32)20-6-4-5-17(15-20)16-7-13-21(14-8-16)33-25(26,27)28/h4-15H,1-3H3,(H,31,32). The number of carbonyl (C=O) groups is 2. The molecule has 0 aromatic heterocycles. The fourth-order valence-electron chi connectivity index (χ4n) is 3.26. The van der Waals surface area contributed by atoms with Crippen molar-refractivity contribution in [2.24, 2.45) is 0 Å². The van der Waals surface area contributed by atoms with Gasteiger partial charge in [0, 0.05) is 5.69 Å². The summed E-state index contributed by atoms with van der Waals surface area (Å²) < 4.78 is 41.1. The first kappa shape index (κ1) is 23.8. The molecule has 0 spiro atoms. The van der Waals surface area contributed by atoms with E-state index in [4.69, 9.17) is 0 Å². The summed E-state index contributed by atoms with van der Waals surface area (Å²) in [6, 6.07) is 18.8. The number of hydrogen-bond acceptors (Lipinski definition) is 3. The van der Waals surface area contributed by atoms with E-state index in [1.165, 1.54) is 24.3 Å². The van der Waals surface area contributed by atoms with Gasteiger partial charge in [-0.2, -0.15) is 0 Å². The van der Waals surface area contributed by atoms with Gasteiger partial charge < -0.3 is 9.84 Å². The van der Waals surface area contributed by atoms with Crippen LogP contribution in [0, 0.1) is 0 Å². The van der Waals surface area contributed by atoms with E-state index < -0.39 is 18.2 Å². The maximum absolute atomic E-state index is 12.6. The molecule has 0 aliphatic heterocycles. The Morgan fingerprint density at radius 1 is 0.818 bits per heavy atom. The lowest BCUT2D eigenvalue weighted by Crippen LogP contribution is -2.32. The lowest BCUT2D eigenvalue weighted by Gasteiger charge is -2.24. The molecule has 3 rings (SSSR count). The second-order valence-electron chi connectivity index (χ2n) is 8.37. The number of rotatable bonds is 4. The molecular weight excluding hydrogens is 435 g/mol. The second kappa shape index (κ2) is 8.97. The van der Waals surface area contributed by atoms with Crippen LogP contribution in [-0.4, -0.2) is 23.3 Å². The van der Waals surface area contributed by atoms with E-state index in [2.05, 4.69) is 4.74 Å². The summed E-state index contributed by atoms with van der Waals surface area (Å²) in [5.74, 6) is -3.11. The van der Waals surface area contributed by atoms with Crippen molar-refractivity contribution in [2.45, 2.75) is 32.5 Å². The fraction of sp³-hybridized carbons (Fsp3) is 0.200. The first-order chi connectivity index (χ1) is 15.3. The lowest BCUT2D eigenvalue weighted by molar-refractivity contribution is -0.274. The Bertz CT molecular complexity index is 1150. The van der Waals surface area contributed by atoms with Crippen LogP contribution in [-0.2, 0) is 15.0 Å². The van der Waals surface area contributed by atoms with Crippen LogP contribution in [0.5, 0.6) is 5.75 Å². The predicted molar refractivity (Wildman–Crippen MR) is 118 cm³/mol. The highest BCUT2D eigenvalue weighted by molar-refractivity contribution is 6.39. The molecule has 0 unspecified atom stereocenters. The van der Waals surface area contributed by atoms with Gasteiger partial charge in [-0.1, -0.05) is 57.2 Å². The van der Waals surface area contributed by atoms with Gasteiger partial charge in [0.15, 0.2) is 0 Å². The Labute approximate surface area is 189 Å². The van der Waals surface area contributed by atoms with Crippen LogP contribution in [0.3, 0.4) is 0 Å². The van der Waals surface area contributed by atoms with Crippen molar-refractivity contribution < 1.29 is 32.6 Å². The van der Waals surface area contributed by atoms with E-state index in [0.29, 0.717) is 22.5 Å². The van der Waals surface area contributed by atoms with Gasteiger partial charge in [0.2, 0.25) is 0 Å². The van der Waals surface area contributed by atoms with E-state index in [0.717, 1.165) is 10.5 Å². The minimum absolute atomic E-state index is 0.123. The van der Waals surface area contributed by atoms with Crippen molar-refractivity contribution in [3.05, 3.63) is 78.4 Å². The van der Waals surface area contributed by atoms with E-state index in [1.54, 1.807) is 36.4 Å². The van der Waals surface area contributed by atoms with Crippen LogP contribution in [0.25, 0.3) is 11.1 Å². The molecule has 0 aliphatic carbocycles. The van der Waals surface area contributed by atoms with Crippen LogP contribution in [0.15, 0.2) is 72.8 Å². The second-order valence-corrected chi connectivity index (χ2v) is 8.37. The molecule has 3 aromatic rings. The maximum Gasteiger partial charge on any atom is 0.573 e. The molecule has 1 amide bonds. The summed E-state index contributed by atoms with van der Waals surface area (Å²) >= 11 is 0. The van der Waals surface area contributed by atoms with Gasteiger partial charge >= 0.3 is 18.2 Å². The number of aliphatic carboxylic acids is 1. The number of anilines is 2. The van der Waals surface area contributed by atoms with Crippen LogP contribution in [0.4, 0.5) is 24.5 Å². The van der Waals surface area contributed by atoms with Crippen molar-refractivity contribution in [2.75, 3.05) is 4.90 Å². The third kappa shape index (κ3) is 5.91. The molecule has 0 aliphatic rings. The van der Waals surface area contributed by atoms with Crippen molar-refractivity contribution >= 4 is 23.3 Å². The number of ether oxygens (including phenoxy) is 1. The fourth-order valence-corrected chi connectivity index (χ4v) is 3.26. The first-order valence-electron chi connectivity index (χ1n) is 9.99. The Kier molecular flexibility index (Phi) is 6.48. The molecule has 172 valence electrons. The number of halogens is 3. The zero-order valence-electron chi connectivity index (χ0n) is 18.2. The first-order valence-corrected chi connectivity index (χ1v) is 9.99. The van der Waals surface area contributed by atoms with Gasteiger partial charge in [-0.25, -0.2) is 4.79 Å². The topological polar surface area (TPSA) is 66.8 Å². The molecule has 0 radical (unpaired) electrons. The monoisotopic (exact) mass is 457 g/mol. The van der Waals surface area contributed by atoms with E-state index >= 15 is 0 Å². The van der Waals surface area contributed by atoms with Crippen LogP contribution < -0.4 is 9.64 Å². The molecule has 0 bridgehead atoms. The molecule has 0 saturated heterocycles. The van der Waals surface area contributed by atoms with E-state index in [9.17, 15) is 27.9 Å². The Morgan fingerprint density at radius 3 is 1.94 bits per heavy atom. The molecule has 0 atom stereocenters. The van der Waals surface area contributed by atoms with Gasteiger partial charge in [-0.3, -0.25) is 9.69 Å². The van der Waals surface area contributed by atoms with Crippen molar-refractivity contribution in [3.63, 3.8) is 0 Å². The van der Waals surface area contributed by atoms with Gasteiger partial charge in [0.05, 0.1) is 5.69 Å². The SMILES string of the molecule is CC(C)(C)c1ccc(N(C(=O)C(=O)O)c2cccc(-c3ccc(OC(F)(F)F)cc3)c2)cc1. The van der Waals surface area contributed by atoms with E-state index in [-0.39, 0.29) is 11.2 Å². The lowest BCUT2D eigenvalue weighted by atomic mass is 9.87. The molecule has 1 N–H and O–H groups in total. The minimum Gasteiger partial charge on any atom is -0.474 e. The number of alkyl halides is 3. The third-order valence-electron chi connectivity index (χ3n) is 4.90. The molecular formula is C25H22F3NO4. The molecule has 8 heteroatoms. The number of carboxylic acid groups (broad SMARTS) is 1. The molecule has 0 saturated carbocycles. The normalized spacial score (nSPS) is 11.7. The number of hydrogen-bond donors (Lipinski definition) is 1. The van der Waals surface area contributed by atoms with Crippen molar-refractivity contribution in [1.29, 1.82) is 0 Å². The zero-order valence-corrected chi connectivity index (χ0v) is 18.2. The quantitative estimate of drug-likeness (QED) is 0.467. The number of nitrogens with zero attached hydrogens (tertiary/aromatic N) is 1. The highest BCUT2D eigenvalue weighted by Gasteiger charge is 2.31. The van der Waals surface area contributed by atoms with Crippen LogP contribution >= 0.6 is 0 Å². The number of carboxylic acids is 1. The smallest absolute Gasteiger partial charge is 0.474 e. The highest BCUT2D eigenvalue weighted by atomic mass is 19.4. The molecule has 0 fully saturated rings. The minimum atomic E-state index is -4.79. The highest BCUT2D eigenvalue weighted by Crippen LogP contribution is 2.33. The van der Waals surface area contributed by atoms with Gasteiger partial charge in [0.25, 0.3) is 0 Å². The van der Waals surface area contributed by atoms with Crippen molar-refractivity contribution in [1.82, 2.24) is 0 Å². The van der Waals surface area contributed by atoms with Gasteiger partial charge in [-0.05, 0) is 58.5 Å². The average molecular weight is 457 g/mol. The number of amides is 1.